The number of nitrogens with zero attached hydrogens (tertiary/aromatic N) is 1. The first-order chi connectivity index (χ1) is 9.73. The molecular formula is C13H14F2N2O4. The molecule has 2 unspecified atom stereocenters. The van der Waals surface area contributed by atoms with Crippen LogP contribution in [0.5, 0.6) is 0 Å². The van der Waals surface area contributed by atoms with E-state index in [4.69, 9.17) is 11.7 Å². The zero-order valence-electron chi connectivity index (χ0n) is 11.0. The average molecular weight is 300 g/mol. The van der Waals surface area contributed by atoms with Gasteiger partial charge in [0.25, 0.3) is 5.92 Å². The number of Topliss-reactive ketones (excluding diaryl/α,β-unsaturated/α-hetero) is 1. The van der Waals surface area contributed by atoms with Crippen LogP contribution in [-0.2, 0) is 14.4 Å². The van der Waals surface area contributed by atoms with Crippen LogP contribution in [0.15, 0.2) is 0 Å². The van der Waals surface area contributed by atoms with Crippen molar-refractivity contribution < 1.29 is 28.3 Å². The second kappa shape index (κ2) is 5.39. The normalized spacial score (nSPS) is 34.2. The Morgan fingerprint density at radius 2 is 2.10 bits per heavy atom. The maximum absolute atomic E-state index is 13.3. The lowest BCUT2D eigenvalue weighted by Crippen LogP contribution is -2.39. The molecule has 0 aromatic rings. The Balaban J connectivity index is 2.06. The number of alkyl halides is 2. The van der Waals surface area contributed by atoms with E-state index in [-0.39, 0.29) is 6.42 Å². The highest BCUT2D eigenvalue weighted by molar-refractivity contribution is 5.96. The van der Waals surface area contributed by atoms with Gasteiger partial charge in [-0.2, -0.15) is 0 Å². The molecule has 0 aromatic heterocycles. The third-order valence-corrected chi connectivity index (χ3v) is 3.99. The number of carboxylic acids is 1. The highest BCUT2D eigenvalue weighted by Crippen LogP contribution is 2.42. The zero-order chi connectivity index (χ0) is 15.8. The molecule has 1 aliphatic carbocycles. The van der Waals surface area contributed by atoms with E-state index in [1.807, 2.05) is 0 Å². The highest BCUT2D eigenvalue weighted by Gasteiger charge is 2.55. The van der Waals surface area contributed by atoms with Gasteiger partial charge in [0.15, 0.2) is 5.78 Å². The summed E-state index contributed by atoms with van der Waals surface area (Å²) in [5, 5.41) is 11.0. The fourth-order valence-electron chi connectivity index (χ4n) is 2.99. The fourth-order valence-corrected chi connectivity index (χ4v) is 2.99. The molecule has 21 heavy (non-hydrogen) atoms. The van der Waals surface area contributed by atoms with Crippen molar-refractivity contribution in [2.24, 2.45) is 11.8 Å². The fraction of sp³-hybridized carbons (Fsp3) is 0.692. The van der Waals surface area contributed by atoms with Crippen molar-refractivity contribution in [1.82, 2.24) is 5.32 Å². The number of carbonyl (C=O) groups excluding carboxylic acids is 2. The quantitative estimate of drug-likeness (QED) is 0.754. The van der Waals surface area contributed by atoms with E-state index in [9.17, 15) is 23.2 Å². The molecule has 1 aliphatic heterocycles. The zero-order valence-corrected chi connectivity index (χ0v) is 11.0. The van der Waals surface area contributed by atoms with Gasteiger partial charge in [-0.15, -0.1) is 0 Å². The van der Waals surface area contributed by atoms with Crippen LogP contribution >= 0.6 is 0 Å². The number of amides is 1. The molecule has 6 nitrogen and oxygen atoms in total. The first-order valence-corrected chi connectivity index (χ1v) is 6.54. The largest absolute Gasteiger partial charge is 0.481 e. The van der Waals surface area contributed by atoms with E-state index in [0.29, 0.717) is 0 Å². The van der Waals surface area contributed by atoms with Crippen molar-refractivity contribution in [2.45, 2.75) is 43.7 Å². The Bertz CT molecular complexity index is 529. The van der Waals surface area contributed by atoms with Crippen LogP contribution in [0.3, 0.4) is 0 Å². The van der Waals surface area contributed by atoms with Gasteiger partial charge in [0, 0.05) is 6.42 Å². The average Bonchev–Trinajstić information content (AvgIpc) is 2.88. The highest BCUT2D eigenvalue weighted by atomic mass is 19.3. The summed E-state index contributed by atoms with van der Waals surface area (Å²) >= 11 is 0. The first-order valence-electron chi connectivity index (χ1n) is 6.54. The lowest BCUT2D eigenvalue weighted by molar-refractivity contribution is -0.140. The number of rotatable bonds is 4. The van der Waals surface area contributed by atoms with Crippen molar-refractivity contribution in [3.63, 3.8) is 0 Å². The Kier molecular flexibility index (Phi) is 3.94. The van der Waals surface area contributed by atoms with Crippen LogP contribution in [-0.4, -0.2) is 40.8 Å². The summed E-state index contributed by atoms with van der Waals surface area (Å²) in [6.45, 7) is 6.92. The van der Waals surface area contributed by atoms with Crippen molar-refractivity contribution >= 4 is 17.7 Å². The molecule has 4 atom stereocenters. The van der Waals surface area contributed by atoms with Crippen molar-refractivity contribution in [2.75, 3.05) is 0 Å². The van der Waals surface area contributed by atoms with Gasteiger partial charge in [0.1, 0.15) is 5.92 Å². The summed E-state index contributed by atoms with van der Waals surface area (Å²) in [6.07, 6.45) is -1.75. The number of carbonyl (C=O) groups is 3. The predicted octanol–water partition coefficient (Wildman–Crippen LogP) is 0.868. The minimum absolute atomic E-state index is 0.0171. The van der Waals surface area contributed by atoms with Crippen LogP contribution in [0.2, 0.25) is 0 Å². The van der Waals surface area contributed by atoms with Crippen LogP contribution in [0.4, 0.5) is 8.78 Å². The van der Waals surface area contributed by atoms with Gasteiger partial charge < -0.3 is 15.3 Å². The standard InChI is InChI=1S/C13H14F2N2O4/c1-16-9-5-13(14,15)4-7(9)11(20)8-2-6(3-10(18)19)12(21)17-8/h6-9H,2-5H2,(H,17,21)(H,18,19)/t6-,7?,8?,9+/m0/s1. The Morgan fingerprint density at radius 3 is 2.67 bits per heavy atom. The Hall–Kier alpha value is -2.04. The Morgan fingerprint density at radius 1 is 1.43 bits per heavy atom. The van der Waals surface area contributed by atoms with Crippen LogP contribution in [0, 0.1) is 18.4 Å². The molecule has 0 spiro atoms. The van der Waals surface area contributed by atoms with Gasteiger partial charge in [0.2, 0.25) is 11.9 Å². The number of aliphatic carboxylic acids is 1. The van der Waals surface area contributed by atoms with Gasteiger partial charge >= 0.3 is 5.97 Å². The molecule has 0 aromatic carbocycles. The molecule has 2 N–H and O–H groups in total. The van der Waals surface area contributed by atoms with E-state index in [0.717, 1.165) is 0 Å². The molecule has 2 aliphatic rings. The van der Waals surface area contributed by atoms with Crippen molar-refractivity contribution in [3.05, 3.63) is 11.4 Å². The number of nitrogens with one attached hydrogen (secondary N) is 1. The lowest BCUT2D eigenvalue weighted by atomic mass is 9.90. The molecule has 1 heterocycles. The van der Waals surface area contributed by atoms with Gasteiger partial charge in [-0.1, -0.05) is 0 Å². The summed E-state index contributed by atoms with van der Waals surface area (Å²) in [5.41, 5.74) is 0. The molecule has 1 amide bonds. The summed E-state index contributed by atoms with van der Waals surface area (Å²) in [5.74, 6) is -7.28. The number of hydrogen-bond acceptors (Lipinski definition) is 3. The van der Waals surface area contributed by atoms with E-state index in [1.165, 1.54) is 0 Å². The summed E-state index contributed by atoms with van der Waals surface area (Å²) in [4.78, 5) is 37.5. The summed E-state index contributed by atoms with van der Waals surface area (Å²) in [6, 6.07) is -2.05. The third-order valence-electron chi connectivity index (χ3n) is 3.99. The van der Waals surface area contributed by atoms with Crippen LogP contribution in [0.25, 0.3) is 4.85 Å². The van der Waals surface area contributed by atoms with Gasteiger partial charge in [-0.3, -0.25) is 14.4 Å². The molecule has 1 saturated carbocycles. The van der Waals surface area contributed by atoms with E-state index >= 15 is 0 Å². The van der Waals surface area contributed by atoms with E-state index in [2.05, 4.69) is 10.2 Å². The maximum Gasteiger partial charge on any atom is 0.304 e. The second-order valence-electron chi connectivity index (χ2n) is 5.56. The SMILES string of the molecule is [C-]#[N+][C@@H]1CC(F)(F)CC1C(=O)C1C[C@@H](CC(=O)O)C(=O)N1. The smallest absolute Gasteiger partial charge is 0.304 e. The first kappa shape index (κ1) is 15.4. The Labute approximate surface area is 119 Å². The minimum Gasteiger partial charge on any atom is -0.481 e. The molecule has 0 radical (unpaired) electrons. The van der Waals surface area contributed by atoms with Crippen LogP contribution < -0.4 is 5.32 Å². The lowest BCUT2D eigenvalue weighted by Gasteiger charge is -2.14. The molecule has 2 rings (SSSR count). The number of carboxylic acid groups (broad SMARTS) is 1. The minimum atomic E-state index is -3.04. The maximum atomic E-state index is 13.3. The monoisotopic (exact) mass is 300 g/mol. The van der Waals surface area contributed by atoms with E-state index < -0.39 is 66.8 Å². The molecule has 8 heteroatoms. The second-order valence-corrected chi connectivity index (χ2v) is 5.56. The van der Waals surface area contributed by atoms with Gasteiger partial charge in [-0.25, -0.2) is 15.4 Å². The molecule has 1 saturated heterocycles. The molecule has 114 valence electrons. The van der Waals surface area contributed by atoms with Crippen LogP contribution in [0.1, 0.15) is 25.7 Å². The number of ketones is 1. The topological polar surface area (TPSA) is 87.8 Å². The summed E-state index contributed by atoms with van der Waals surface area (Å²) < 4.78 is 26.7. The number of halogens is 2. The van der Waals surface area contributed by atoms with Crippen molar-refractivity contribution in [3.8, 4) is 0 Å². The van der Waals surface area contributed by atoms with Crippen molar-refractivity contribution in [1.29, 1.82) is 0 Å². The molecular weight excluding hydrogens is 286 g/mol. The van der Waals surface area contributed by atoms with Gasteiger partial charge in [-0.05, 0) is 6.42 Å². The third kappa shape index (κ3) is 3.17. The molecule has 2 fully saturated rings. The van der Waals surface area contributed by atoms with Gasteiger partial charge in [0.05, 0.1) is 24.8 Å². The predicted molar refractivity (Wildman–Crippen MR) is 65.4 cm³/mol. The van der Waals surface area contributed by atoms with E-state index in [1.54, 1.807) is 0 Å². The number of hydrogen-bond donors (Lipinski definition) is 2. The molecule has 0 bridgehead atoms. The summed E-state index contributed by atoms with van der Waals surface area (Å²) in [7, 11) is 0.